The van der Waals surface area contributed by atoms with E-state index >= 15 is 0 Å². The Morgan fingerprint density at radius 2 is 0.808 bits per heavy atom. The molecule has 0 aromatic rings. The highest BCUT2D eigenvalue weighted by Gasteiger charge is 2.61. The van der Waals surface area contributed by atoms with Crippen LogP contribution in [0.5, 0.6) is 0 Å². The van der Waals surface area contributed by atoms with Crippen LogP contribution in [0.4, 0.5) is 0 Å². The smallest absolute Gasteiger partial charge is 0.161 e. The minimum absolute atomic E-state index is 0.0726. The zero-order valence-electron chi connectivity index (χ0n) is 19.8. The molecule has 2 fully saturated rings. The molecule has 2 rings (SSSR count). The lowest BCUT2D eigenvalue weighted by Crippen LogP contribution is -2.66. The number of hydrogen-bond donors (Lipinski definition) is 0. The first-order valence-electron chi connectivity index (χ1n) is 10.7. The van der Waals surface area contributed by atoms with Gasteiger partial charge in [0.25, 0.3) is 0 Å². The van der Waals surface area contributed by atoms with Gasteiger partial charge in [0.05, 0.1) is 11.2 Å². The third kappa shape index (κ3) is 3.28. The van der Waals surface area contributed by atoms with Crippen LogP contribution in [0.3, 0.4) is 0 Å². The van der Waals surface area contributed by atoms with Gasteiger partial charge >= 0.3 is 0 Å². The SMILES string of the molecule is CC(C)(C)C1(C(C)(C)C)CCC2CCC(C(C)(C)C)(C(C)(C)C)OC2O1. The third-order valence-corrected chi connectivity index (χ3v) is 7.60. The summed E-state index contributed by atoms with van der Waals surface area (Å²) in [6.45, 7) is 28.0. The van der Waals surface area contributed by atoms with Gasteiger partial charge < -0.3 is 9.47 Å². The van der Waals surface area contributed by atoms with E-state index in [0.29, 0.717) is 5.92 Å². The van der Waals surface area contributed by atoms with Crippen LogP contribution in [-0.4, -0.2) is 17.5 Å². The molecule has 0 radical (unpaired) electrons. The number of hydrogen-bond acceptors (Lipinski definition) is 2. The molecule has 0 aliphatic carbocycles. The van der Waals surface area contributed by atoms with Gasteiger partial charge in [0.2, 0.25) is 0 Å². The normalized spacial score (nSPS) is 30.0. The molecule has 0 saturated carbocycles. The minimum Gasteiger partial charge on any atom is -0.345 e. The van der Waals surface area contributed by atoms with Crippen LogP contribution in [0.2, 0.25) is 0 Å². The molecule has 2 nitrogen and oxygen atoms in total. The molecule has 0 aromatic carbocycles. The Kier molecular flexibility index (Phi) is 5.30. The highest BCUT2D eigenvalue weighted by Crippen LogP contribution is 2.59. The standard InChI is InChI=1S/C24H46O2/c1-19(2,3)23(20(4,5)6)15-13-17-14-16-24(21(7,8)9,22(10,11)12)26-18(17)25-23/h17-18H,13-16H2,1-12H3. The molecular weight excluding hydrogens is 320 g/mol. The van der Waals surface area contributed by atoms with Gasteiger partial charge in [0.15, 0.2) is 6.29 Å². The Hall–Kier alpha value is -0.0800. The molecule has 2 heterocycles. The fourth-order valence-electron chi connectivity index (χ4n) is 6.38. The average Bonchev–Trinajstić information content (AvgIpc) is 2.41. The molecule has 0 spiro atoms. The van der Waals surface area contributed by atoms with E-state index in [2.05, 4.69) is 83.1 Å². The molecule has 0 bridgehead atoms. The largest absolute Gasteiger partial charge is 0.345 e. The summed E-state index contributed by atoms with van der Waals surface area (Å²) in [5.41, 5.74) is -0.0430. The van der Waals surface area contributed by atoms with Crippen LogP contribution in [0, 0.1) is 27.6 Å². The molecule has 0 N–H and O–H groups in total. The maximum absolute atomic E-state index is 7.03. The summed E-state index contributed by atoms with van der Waals surface area (Å²) in [6.07, 6.45) is 4.59. The van der Waals surface area contributed by atoms with Gasteiger partial charge in [0, 0.05) is 5.92 Å². The van der Waals surface area contributed by atoms with E-state index in [1.165, 1.54) is 12.8 Å². The van der Waals surface area contributed by atoms with Crippen LogP contribution < -0.4 is 0 Å². The fourth-order valence-corrected chi connectivity index (χ4v) is 6.38. The van der Waals surface area contributed by atoms with Crippen molar-refractivity contribution in [1.29, 1.82) is 0 Å². The van der Waals surface area contributed by atoms with Crippen LogP contribution in [-0.2, 0) is 9.47 Å². The van der Waals surface area contributed by atoms with Gasteiger partial charge in [0.1, 0.15) is 0 Å². The second-order valence-corrected chi connectivity index (χ2v) is 13.1. The van der Waals surface area contributed by atoms with Gasteiger partial charge in [-0.15, -0.1) is 0 Å². The van der Waals surface area contributed by atoms with Gasteiger partial charge in [-0.25, -0.2) is 0 Å². The van der Waals surface area contributed by atoms with E-state index in [9.17, 15) is 0 Å². The van der Waals surface area contributed by atoms with Crippen LogP contribution in [0.1, 0.15) is 109 Å². The zero-order chi connectivity index (χ0) is 20.4. The van der Waals surface area contributed by atoms with Crippen molar-refractivity contribution in [2.24, 2.45) is 27.6 Å². The van der Waals surface area contributed by atoms with E-state index < -0.39 is 0 Å². The Morgan fingerprint density at radius 1 is 0.538 bits per heavy atom. The van der Waals surface area contributed by atoms with E-state index in [0.717, 1.165) is 12.8 Å². The summed E-state index contributed by atoms with van der Waals surface area (Å²) in [6, 6.07) is 0. The second-order valence-electron chi connectivity index (χ2n) is 13.1. The average molecular weight is 367 g/mol. The summed E-state index contributed by atoms with van der Waals surface area (Å²) >= 11 is 0. The third-order valence-electron chi connectivity index (χ3n) is 7.60. The maximum atomic E-state index is 7.03. The van der Waals surface area contributed by atoms with Gasteiger partial charge in [-0.1, -0.05) is 83.1 Å². The summed E-state index contributed by atoms with van der Waals surface area (Å²) in [5, 5.41) is 0. The molecule has 0 unspecified atom stereocenters. The molecule has 0 amide bonds. The predicted octanol–water partition coefficient (Wildman–Crippen LogP) is 7.21. The van der Waals surface area contributed by atoms with E-state index in [4.69, 9.17) is 9.47 Å². The van der Waals surface area contributed by atoms with Crippen LogP contribution >= 0.6 is 0 Å². The molecule has 0 aromatic heterocycles. The van der Waals surface area contributed by atoms with Gasteiger partial charge in [-0.2, -0.15) is 0 Å². The molecule has 2 aliphatic rings. The fraction of sp³-hybridized carbons (Fsp3) is 1.00. The van der Waals surface area contributed by atoms with Crippen molar-refractivity contribution < 1.29 is 9.47 Å². The predicted molar refractivity (Wildman–Crippen MR) is 111 cm³/mol. The topological polar surface area (TPSA) is 18.5 Å². The lowest BCUT2D eigenvalue weighted by molar-refractivity contribution is -0.381. The van der Waals surface area contributed by atoms with E-state index in [1.54, 1.807) is 0 Å². The Morgan fingerprint density at radius 3 is 1.04 bits per heavy atom. The highest BCUT2D eigenvalue weighted by atomic mass is 16.7. The highest BCUT2D eigenvalue weighted by molar-refractivity contribution is 5.08. The lowest BCUT2D eigenvalue weighted by atomic mass is 9.56. The Labute approximate surface area is 163 Å². The van der Waals surface area contributed by atoms with Crippen molar-refractivity contribution in [3.63, 3.8) is 0 Å². The lowest BCUT2D eigenvalue weighted by Gasteiger charge is -2.63. The molecule has 0 atom stereocenters. The van der Waals surface area contributed by atoms with Crippen LogP contribution in [0.15, 0.2) is 0 Å². The van der Waals surface area contributed by atoms with Crippen molar-refractivity contribution in [3.05, 3.63) is 0 Å². The molecule has 2 heteroatoms. The summed E-state index contributed by atoms with van der Waals surface area (Å²) in [7, 11) is 0. The van der Waals surface area contributed by atoms with Crippen LogP contribution in [0.25, 0.3) is 0 Å². The summed E-state index contributed by atoms with van der Waals surface area (Å²) < 4.78 is 14.1. The zero-order valence-corrected chi connectivity index (χ0v) is 19.8. The molecule has 2 aliphatic heterocycles. The Bertz CT molecular complexity index is 430. The van der Waals surface area contributed by atoms with Crippen molar-refractivity contribution in [2.45, 2.75) is 126 Å². The number of ether oxygens (including phenoxy) is 2. The van der Waals surface area contributed by atoms with Gasteiger partial charge in [-0.3, -0.25) is 0 Å². The van der Waals surface area contributed by atoms with Gasteiger partial charge in [-0.05, 0) is 47.3 Å². The van der Waals surface area contributed by atoms with Crippen molar-refractivity contribution in [1.82, 2.24) is 0 Å². The molecular formula is C24H46O2. The van der Waals surface area contributed by atoms with Crippen molar-refractivity contribution in [2.75, 3.05) is 0 Å². The van der Waals surface area contributed by atoms with E-state index in [1.807, 2.05) is 0 Å². The monoisotopic (exact) mass is 366 g/mol. The minimum atomic E-state index is -0.167. The number of fused-ring (bicyclic) bond motifs is 1. The number of rotatable bonds is 0. The first kappa shape index (κ1) is 22.2. The maximum Gasteiger partial charge on any atom is 0.161 e. The first-order valence-corrected chi connectivity index (χ1v) is 10.7. The van der Waals surface area contributed by atoms with E-state index in [-0.39, 0.29) is 39.2 Å². The molecule has 154 valence electrons. The van der Waals surface area contributed by atoms with Crippen molar-refractivity contribution >= 4 is 0 Å². The summed E-state index contributed by atoms with van der Waals surface area (Å²) in [4.78, 5) is 0. The second kappa shape index (κ2) is 6.21. The molecule has 2 saturated heterocycles. The molecule has 26 heavy (non-hydrogen) atoms. The Balaban J connectivity index is 2.45. The first-order chi connectivity index (χ1) is 11.4. The van der Waals surface area contributed by atoms with Crippen molar-refractivity contribution in [3.8, 4) is 0 Å². The summed E-state index contributed by atoms with van der Waals surface area (Å²) in [5.74, 6) is 0.533. The quantitative estimate of drug-likeness (QED) is 0.451.